The molecule has 1 saturated heterocycles. The van der Waals surface area contributed by atoms with Crippen LogP contribution < -0.4 is 5.32 Å². The molecule has 3 heterocycles. The van der Waals surface area contributed by atoms with Crippen molar-refractivity contribution in [1.82, 2.24) is 20.0 Å². The number of aryl methyl sites for hydroxylation is 2. The first-order valence-corrected chi connectivity index (χ1v) is 8.54. The third kappa shape index (κ3) is 3.56. The summed E-state index contributed by atoms with van der Waals surface area (Å²) in [5.74, 6) is 0.0995. The van der Waals surface area contributed by atoms with Crippen LogP contribution in [0.25, 0.3) is 0 Å². The summed E-state index contributed by atoms with van der Waals surface area (Å²) in [6.45, 7) is 7.07. The highest BCUT2D eigenvalue weighted by Gasteiger charge is 2.26. The normalized spacial score (nSPS) is 18.7. The van der Waals surface area contributed by atoms with Gasteiger partial charge in [0.05, 0.1) is 24.8 Å². The van der Waals surface area contributed by atoms with E-state index in [2.05, 4.69) is 33.0 Å². The SMILES string of the molecule is Cc1cc(C)n(C2CCN(CC(=O)NCc3cccs3)C2)n1. The van der Waals surface area contributed by atoms with Gasteiger partial charge in [-0.3, -0.25) is 14.4 Å². The molecule has 5 nitrogen and oxygen atoms in total. The fourth-order valence-corrected chi connectivity index (χ4v) is 3.67. The van der Waals surface area contributed by atoms with Crippen LogP contribution in [-0.2, 0) is 11.3 Å². The first-order chi connectivity index (χ1) is 10.6. The minimum Gasteiger partial charge on any atom is -0.350 e. The predicted molar refractivity (Wildman–Crippen MR) is 88.0 cm³/mol. The first-order valence-electron chi connectivity index (χ1n) is 7.66. The Labute approximate surface area is 134 Å². The number of carbonyl (C=O) groups excluding carboxylic acids is 1. The van der Waals surface area contributed by atoms with Crippen LogP contribution in [0.4, 0.5) is 0 Å². The maximum absolute atomic E-state index is 12.0. The Hall–Kier alpha value is -1.66. The smallest absolute Gasteiger partial charge is 0.234 e. The number of hydrogen-bond acceptors (Lipinski definition) is 4. The van der Waals surface area contributed by atoms with E-state index in [1.54, 1.807) is 11.3 Å². The molecule has 0 aliphatic carbocycles. The number of likely N-dealkylation sites (tertiary alicyclic amines) is 1. The Bertz CT molecular complexity index is 635. The lowest BCUT2D eigenvalue weighted by atomic mass is 10.2. The highest BCUT2D eigenvalue weighted by molar-refractivity contribution is 7.09. The minimum atomic E-state index is 0.0995. The third-order valence-electron chi connectivity index (χ3n) is 4.05. The Balaban J connectivity index is 1.48. The minimum absolute atomic E-state index is 0.0995. The number of hydrogen-bond donors (Lipinski definition) is 1. The number of nitrogens with one attached hydrogen (secondary N) is 1. The number of aromatic nitrogens is 2. The van der Waals surface area contributed by atoms with Crippen molar-refractivity contribution in [3.8, 4) is 0 Å². The fourth-order valence-electron chi connectivity index (χ4n) is 3.03. The van der Waals surface area contributed by atoms with Gasteiger partial charge in [0.25, 0.3) is 0 Å². The topological polar surface area (TPSA) is 50.2 Å². The number of nitrogens with zero attached hydrogens (tertiary/aromatic N) is 3. The van der Waals surface area contributed by atoms with Crippen molar-refractivity contribution in [3.63, 3.8) is 0 Å². The van der Waals surface area contributed by atoms with Gasteiger partial charge in [-0.05, 0) is 37.8 Å². The van der Waals surface area contributed by atoms with Gasteiger partial charge >= 0.3 is 0 Å². The van der Waals surface area contributed by atoms with Gasteiger partial charge < -0.3 is 5.32 Å². The van der Waals surface area contributed by atoms with Crippen molar-refractivity contribution in [1.29, 1.82) is 0 Å². The van der Waals surface area contributed by atoms with E-state index >= 15 is 0 Å². The second-order valence-electron chi connectivity index (χ2n) is 5.91. The Morgan fingerprint density at radius 3 is 3.05 bits per heavy atom. The van der Waals surface area contributed by atoms with Crippen molar-refractivity contribution in [2.24, 2.45) is 0 Å². The Kier molecular flexibility index (Phi) is 4.59. The van der Waals surface area contributed by atoms with Crippen LogP contribution in [0.2, 0.25) is 0 Å². The maximum atomic E-state index is 12.0. The van der Waals surface area contributed by atoms with Gasteiger partial charge in [-0.25, -0.2) is 0 Å². The van der Waals surface area contributed by atoms with E-state index in [1.165, 1.54) is 10.6 Å². The average Bonchev–Trinajstić information content (AvgIpc) is 3.18. The lowest BCUT2D eigenvalue weighted by Crippen LogP contribution is -2.35. The zero-order valence-corrected chi connectivity index (χ0v) is 13.9. The lowest BCUT2D eigenvalue weighted by Gasteiger charge is -2.16. The molecule has 1 atom stereocenters. The van der Waals surface area contributed by atoms with Gasteiger partial charge in [-0.1, -0.05) is 6.07 Å². The van der Waals surface area contributed by atoms with E-state index < -0.39 is 0 Å². The van der Waals surface area contributed by atoms with E-state index in [0.717, 1.165) is 25.2 Å². The molecule has 1 aliphatic rings. The molecule has 0 bridgehead atoms. The molecular weight excluding hydrogens is 296 g/mol. The molecule has 2 aromatic rings. The van der Waals surface area contributed by atoms with Gasteiger partial charge in [0, 0.05) is 23.7 Å². The zero-order valence-electron chi connectivity index (χ0n) is 13.1. The van der Waals surface area contributed by atoms with Crippen LogP contribution in [0.15, 0.2) is 23.6 Å². The van der Waals surface area contributed by atoms with E-state index in [0.29, 0.717) is 19.1 Å². The molecule has 1 N–H and O–H groups in total. The Morgan fingerprint density at radius 2 is 2.36 bits per heavy atom. The summed E-state index contributed by atoms with van der Waals surface area (Å²) in [5.41, 5.74) is 2.26. The number of thiophene rings is 1. The summed E-state index contributed by atoms with van der Waals surface area (Å²) in [6.07, 6.45) is 1.06. The van der Waals surface area contributed by atoms with Gasteiger partial charge in [0.15, 0.2) is 0 Å². The van der Waals surface area contributed by atoms with Crippen LogP contribution in [0, 0.1) is 13.8 Å². The molecule has 118 valence electrons. The lowest BCUT2D eigenvalue weighted by molar-refractivity contribution is -0.122. The maximum Gasteiger partial charge on any atom is 0.234 e. The number of carbonyl (C=O) groups is 1. The first kappa shape index (κ1) is 15.2. The second-order valence-corrected chi connectivity index (χ2v) is 6.94. The van der Waals surface area contributed by atoms with Gasteiger partial charge in [0.1, 0.15) is 0 Å². The second kappa shape index (κ2) is 6.62. The highest BCUT2D eigenvalue weighted by atomic mass is 32.1. The van der Waals surface area contributed by atoms with Crippen molar-refractivity contribution in [3.05, 3.63) is 39.8 Å². The molecule has 22 heavy (non-hydrogen) atoms. The number of amides is 1. The molecule has 1 unspecified atom stereocenters. The molecule has 0 aromatic carbocycles. The third-order valence-corrected chi connectivity index (χ3v) is 4.92. The van der Waals surface area contributed by atoms with E-state index in [4.69, 9.17) is 0 Å². The van der Waals surface area contributed by atoms with Crippen molar-refractivity contribution >= 4 is 17.2 Å². The van der Waals surface area contributed by atoms with Crippen molar-refractivity contribution in [2.75, 3.05) is 19.6 Å². The van der Waals surface area contributed by atoms with E-state index in [-0.39, 0.29) is 5.91 Å². The summed E-state index contributed by atoms with van der Waals surface area (Å²) in [5, 5.41) is 9.58. The fraction of sp³-hybridized carbons (Fsp3) is 0.500. The molecule has 6 heteroatoms. The summed E-state index contributed by atoms with van der Waals surface area (Å²) in [4.78, 5) is 15.4. The summed E-state index contributed by atoms with van der Waals surface area (Å²) in [6, 6.07) is 6.54. The average molecular weight is 318 g/mol. The van der Waals surface area contributed by atoms with Crippen molar-refractivity contribution in [2.45, 2.75) is 32.9 Å². The van der Waals surface area contributed by atoms with Crippen LogP contribution in [0.1, 0.15) is 28.7 Å². The highest BCUT2D eigenvalue weighted by Crippen LogP contribution is 2.22. The summed E-state index contributed by atoms with van der Waals surface area (Å²) >= 11 is 1.67. The summed E-state index contributed by atoms with van der Waals surface area (Å²) < 4.78 is 2.11. The molecule has 1 aliphatic heterocycles. The standard InChI is InChI=1S/C16H22N4OS/c1-12-8-13(2)20(18-12)14-5-6-19(10-14)11-16(21)17-9-15-4-3-7-22-15/h3-4,7-8,14H,5-6,9-11H2,1-2H3,(H,17,21). The molecule has 1 fully saturated rings. The van der Waals surface area contributed by atoms with Crippen LogP contribution in [0.5, 0.6) is 0 Å². The van der Waals surface area contributed by atoms with E-state index in [1.807, 2.05) is 24.4 Å². The van der Waals surface area contributed by atoms with Crippen LogP contribution >= 0.6 is 11.3 Å². The monoisotopic (exact) mass is 318 g/mol. The Morgan fingerprint density at radius 1 is 1.50 bits per heavy atom. The summed E-state index contributed by atoms with van der Waals surface area (Å²) in [7, 11) is 0. The van der Waals surface area contributed by atoms with E-state index in [9.17, 15) is 4.79 Å². The van der Waals surface area contributed by atoms with Crippen LogP contribution in [-0.4, -0.2) is 40.2 Å². The molecule has 3 rings (SSSR count). The quantitative estimate of drug-likeness (QED) is 0.919. The molecule has 0 spiro atoms. The van der Waals surface area contributed by atoms with Gasteiger partial charge in [0.2, 0.25) is 5.91 Å². The molecule has 2 aromatic heterocycles. The predicted octanol–water partition coefficient (Wildman–Crippen LogP) is 2.12. The van der Waals surface area contributed by atoms with Gasteiger partial charge in [-0.2, -0.15) is 5.10 Å². The molecule has 0 radical (unpaired) electrons. The largest absolute Gasteiger partial charge is 0.350 e. The molecular formula is C16H22N4OS. The zero-order chi connectivity index (χ0) is 15.5. The van der Waals surface area contributed by atoms with Crippen molar-refractivity contribution < 1.29 is 4.79 Å². The van der Waals surface area contributed by atoms with Crippen LogP contribution in [0.3, 0.4) is 0 Å². The number of rotatable bonds is 5. The molecule has 0 saturated carbocycles. The van der Waals surface area contributed by atoms with Gasteiger partial charge in [-0.15, -0.1) is 11.3 Å². The molecule has 1 amide bonds.